The number of hydrogen-bond donors (Lipinski definition) is 2. The van der Waals surface area contributed by atoms with E-state index in [0.29, 0.717) is 13.0 Å². The van der Waals surface area contributed by atoms with Gasteiger partial charge in [-0.25, -0.2) is 0 Å². The Morgan fingerprint density at radius 2 is 2.21 bits per heavy atom. The molecule has 0 bridgehead atoms. The Bertz CT molecular complexity index is 563. The number of thiophene rings is 1. The van der Waals surface area contributed by atoms with E-state index in [2.05, 4.69) is 18.3 Å². The first-order valence-corrected chi connectivity index (χ1v) is 7.17. The molecule has 0 aliphatic heterocycles. The zero-order chi connectivity index (χ0) is 13.7. The van der Waals surface area contributed by atoms with Crippen molar-refractivity contribution in [3.8, 4) is 0 Å². The van der Waals surface area contributed by atoms with Crippen molar-refractivity contribution in [1.29, 1.82) is 0 Å². The molecule has 4 heteroatoms. The van der Waals surface area contributed by atoms with Crippen molar-refractivity contribution >= 4 is 22.9 Å². The van der Waals surface area contributed by atoms with Gasteiger partial charge in [0.1, 0.15) is 0 Å². The summed E-state index contributed by atoms with van der Waals surface area (Å²) in [6, 6.07) is 9.74. The van der Waals surface area contributed by atoms with E-state index in [4.69, 9.17) is 5.73 Å². The molecule has 3 N–H and O–H groups in total. The number of aryl methyl sites for hydroxylation is 2. The smallest absolute Gasteiger partial charge is 0.220 e. The molecule has 1 aromatic heterocycles. The number of hydrogen-bond acceptors (Lipinski definition) is 3. The van der Waals surface area contributed by atoms with Crippen LogP contribution in [0.25, 0.3) is 0 Å². The van der Waals surface area contributed by atoms with Crippen molar-refractivity contribution in [2.75, 3.05) is 5.73 Å². The molecule has 100 valence electrons. The SMILES string of the molecule is Cc1ccsc1CNC(=O)CCc1cccc(N)c1. The molecule has 2 rings (SSSR count). The summed E-state index contributed by atoms with van der Waals surface area (Å²) < 4.78 is 0. The fourth-order valence-electron chi connectivity index (χ4n) is 1.86. The Morgan fingerprint density at radius 3 is 2.89 bits per heavy atom. The molecule has 0 saturated heterocycles. The van der Waals surface area contributed by atoms with E-state index in [1.807, 2.05) is 29.6 Å². The quantitative estimate of drug-likeness (QED) is 0.824. The highest BCUT2D eigenvalue weighted by Gasteiger charge is 2.04. The third kappa shape index (κ3) is 4.10. The summed E-state index contributed by atoms with van der Waals surface area (Å²) in [4.78, 5) is 13.0. The van der Waals surface area contributed by atoms with E-state index in [0.717, 1.165) is 17.7 Å². The van der Waals surface area contributed by atoms with Crippen LogP contribution in [0.1, 0.15) is 22.4 Å². The van der Waals surface area contributed by atoms with E-state index in [-0.39, 0.29) is 5.91 Å². The van der Waals surface area contributed by atoms with Gasteiger partial charge in [-0.3, -0.25) is 4.79 Å². The second-order valence-electron chi connectivity index (χ2n) is 4.55. The monoisotopic (exact) mass is 274 g/mol. The molecule has 0 atom stereocenters. The molecule has 0 spiro atoms. The molecular weight excluding hydrogens is 256 g/mol. The Hall–Kier alpha value is -1.81. The fourth-order valence-corrected chi connectivity index (χ4v) is 2.70. The van der Waals surface area contributed by atoms with Crippen LogP contribution in [0.2, 0.25) is 0 Å². The summed E-state index contributed by atoms with van der Waals surface area (Å²) in [6.07, 6.45) is 1.22. The first-order valence-electron chi connectivity index (χ1n) is 6.29. The van der Waals surface area contributed by atoms with Gasteiger partial charge in [-0.1, -0.05) is 12.1 Å². The maximum Gasteiger partial charge on any atom is 0.220 e. The Balaban J connectivity index is 1.77. The number of carbonyl (C=O) groups excluding carboxylic acids is 1. The van der Waals surface area contributed by atoms with Crippen molar-refractivity contribution in [2.45, 2.75) is 26.3 Å². The Kier molecular flexibility index (Phi) is 4.58. The van der Waals surface area contributed by atoms with E-state index >= 15 is 0 Å². The van der Waals surface area contributed by atoms with Crippen LogP contribution in [0, 0.1) is 6.92 Å². The van der Waals surface area contributed by atoms with Gasteiger partial charge in [0.25, 0.3) is 0 Å². The van der Waals surface area contributed by atoms with Crippen LogP contribution in [0.4, 0.5) is 5.69 Å². The standard InChI is InChI=1S/C15H18N2OS/c1-11-7-8-19-14(11)10-17-15(18)6-5-12-3-2-4-13(16)9-12/h2-4,7-9H,5-6,10,16H2,1H3,(H,17,18). The topological polar surface area (TPSA) is 55.1 Å². The molecule has 2 aromatic rings. The second-order valence-corrected chi connectivity index (χ2v) is 5.55. The van der Waals surface area contributed by atoms with E-state index < -0.39 is 0 Å². The lowest BCUT2D eigenvalue weighted by atomic mass is 10.1. The molecule has 0 aliphatic rings. The molecule has 0 saturated carbocycles. The molecule has 1 aromatic carbocycles. The van der Waals surface area contributed by atoms with Crippen LogP contribution in [0.3, 0.4) is 0 Å². The van der Waals surface area contributed by atoms with Crippen molar-refractivity contribution in [3.63, 3.8) is 0 Å². The highest BCUT2D eigenvalue weighted by Crippen LogP contribution is 2.15. The molecule has 1 amide bonds. The number of anilines is 1. The summed E-state index contributed by atoms with van der Waals surface area (Å²) in [5, 5.41) is 5.00. The number of nitrogens with two attached hydrogens (primary N) is 1. The Labute approximate surface area is 117 Å². The lowest BCUT2D eigenvalue weighted by molar-refractivity contribution is -0.121. The molecule has 0 aliphatic carbocycles. The maximum atomic E-state index is 11.8. The average Bonchev–Trinajstić information content (AvgIpc) is 2.80. The minimum atomic E-state index is 0.0789. The number of nitrogen functional groups attached to an aromatic ring is 1. The predicted octanol–water partition coefficient (Wildman–Crippen LogP) is 2.89. The van der Waals surface area contributed by atoms with Crippen molar-refractivity contribution in [2.24, 2.45) is 0 Å². The maximum absolute atomic E-state index is 11.8. The largest absolute Gasteiger partial charge is 0.399 e. The van der Waals surface area contributed by atoms with Crippen LogP contribution in [-0.2, 0) is 17.8 Å². The molecule has 1 heterocycles. The molecule has 3 nitrogen and oxygen atoms in total. The van der Waals surface area contributed by atoms with Gasteiger partial charge in [-0.15, -0.1) is 11.3 Å². The van der Waals surface area contributed by atoms with Gasteiger partial charge in [0.2, 0.25) is 5.91 Å². The third-order valence-corrected chi connectivity index (χ3v) is 4.03. The zero-order valence-corrected chi connectivity index (χ0v) is 11.8. The minimum absolute atomic E-state index is 0.0789. The predicted molar refractivity (Wildman–Crippen MR) is 80.1 cm³/mol. The molecule has 0 fully saturated rings. The lowest BCUT2D eigenvalue weighted by Gasteiger charge is -2.05. The van der Waals surface area contributed by atoms with Gasteiger partial charge in [0.15, 0.2) is 0 Å². The highest BCUT2D eigenvalue weighted by molar-refractivity contribution is 7.10. The van der Waals surface area contributed by atoms with Gasteiger partial charge in [-0.05, 0) is 48.1 Å². The van der Waals surface area contributed by atoms with Crippen LogP contribution >= 0.6 is 11.3 Å². The van der Waals surface area contributed by atoms with Gasteiger partial charge in [-0.2, -0.15) is 0 Å². The first kappa shape index (κ1) is 13.6. The van der Waals surface area contributed by atoms with Crippen molar-refractivity contribution < 1.29 is 4.79 Å². The molecule has 0 radical (unpaired) electrons. The van der Waals surface area contributed by atoms with Crippen molar-refractivity contribution in [3.05, 3.63) is 51.7 Å². The van der Waals surface area contributed by atoms with Crippen LogP contribution in [0.5, 0.6) is 0 Å². The van der Waals surface area contributed by atoms with Gasteiger partial charge in [0, 0.05) is 17.0 Å². The van der Waals surface area contributed by atoms with Crippen LogP contribution in [0.15, 0.2) is 35.7 Å². The van der Waals surface area contributed by atoms with Crippen molar-refractivity contribution in [1.82, 2.24) is 5.32 Å². The summed E-state index contributed by atoms with van der Waals surface area (Å²) >= 11 is 1.68. The van der Waals surface area contributed by atoms with Gasteiger partial charge < -0.3 is 11.1 Å². The van der Waals surface area contributed by atoms with Gasteiger partial charge in [0.05, 0.1) is 6.54 Å². The van der Waals surface area contributed by atoms with E-state index in [1.54, 1.807) is 11.3 Å². The molecular formula is C15H18N2OS. The van der Waals surface area contributed by atoms with Crippen LogP contribution < -0.4 is 11.1 Å². The van der Waals surface area contributed by atoms with Gasteiger partial charge >= 0.3 is 0 Å². The summed E-state index contributed by atoms with van der Waals surface area (Å²) in [5.41, 5.74) is 8.78. The molecule has 19 heavy (non-hydrogen) atoms. The van der Waals surface area contributed by atoms with E-state index in [9.17, 15) is 4.79 Å². The average molecular weight is 274 g/mol. The third-order valence-electron chi connectivity index (χ3n) is 3.01. The number of rotatable bonds is 5. The number of nitrogens with one attached hydrogen (secondary N) is 1. The summed E-state index contributed by atoms with van der Waals surface area (Å²) in [7, 11) is 0. The zero-order valence-electron chi connectivity index (χ0n) is 11.0. The number of amides is 1. The summed E-state index contributed by atoms with van der Waals surface area (Å²) in [5.74, 6) is 0.0789. The minimum Gasteiger partial charge on any atom is -0.399 e. The molecule has 0 unspecified atom stereocenters. The number of benzene rings is 1. The van der Waals surface area contributed by atoms with Crippen LogP contribution in [-0.4, -0.2) is 5.91 Å². The fraction of sp³-hybridized carbons (Fsp3) is 0.267. The summed E-state index contributed by atoms with van der Waals surface area (Å²) in [6.45, 7) is 2.68. The Morgan fingerprint density at radius 1 is 1.37 bits per heavy atom. The second kappa shape index (κ2) is 6.38. The van der Waals surface area contributed by atoms with E-state index in [1.165, 1.54) is 10.4 Å². The normalized spacial score (nSPS) is 10.4. The lowest BCUT2D eigenvalue weighted by Crippen LogP contribution is -2.22. The number of carbonyl (C=O) groups is 1. The first-order chi connectivity index (χ1) is 9.15. The highest BCUT2D eigenvalue weighted by atomic mass is 32.1.